The lowest BCUT2D eigenvalue weighted by atomic mass is 9.91. The van der Waals surface area contributed by atoms with E-state index in [1.807, 2.05) is 24.3 Å². The first-order chi connectivity index (χ1) is 12.6. The van der Waals surface area contributed by atoms with Crippen LogP contribution in [0.3, 0.4) is 0 Å². The first-order valence-corrected chi connectivity index (χ1v) is 9.46. The maximum atomic E-state index is 12.6. The zero-order valence-corrected chi connectivity index (χ0v) is 15.8. The number of amides is 1. The molecule has 1 atom stereocenters. The van der Waals surface area contributed by atoms with Crippen molar-refractivity contribution in [1.29, 1.82) is 0 Å². The summed E-state index contributed by atoms with van der Waals surface area (Å²) in [4.78, 5) is 14.2. The van der Waals surface area contributed by atoms with Crippen LogP contribution in [0.5, 0.6) is 5.75 Å². The molecule has 0 unspecified atom stereocenters. The van der Waals surface area contributed by atoms with Crippen molar-refractivity contribution in [2.75, 3.05) is 33.3 Å². The van der Waals surface area contributed by atoms with Crippen LogP contribution in [0.1, 0.15) is 34.7 Å². The first kappa shape index (κ1) is 18.7. The largest absolute Gasteiger partial charge is 0.492 e. The van der Waals surface area contributed by atoms with Gasteiger partial charge in [0.05, 0.1) is 6.54 Å². The number of carbonyl (C=O) groups is 1. The summed E-state index contributed by atoms with van der Waals surface area (Å²) < 4.78 is 5.66. The lowest BCUT2D eigenvalue weighted by Gasteiger charge is -2.23. The van der Waals surface area contributed by atoms with Crippen molar-refractivity contribution in [3.05, 3.63) is 64.7 Å². The number of hydrogen-bond acceptors (Lipinski definition) is 3. The fourth-order valence-electron chi connectivity index (χ4n) is 3.21. The predicted molar refractivity (Wildman–Crippen MR) is 105 cm³/mol. The molecule has 0 saturated carbocycles. The number of benzene rings is 2. The van der Waals surface area contributed by atoms with E-state index in [1.165, 1.54) is 18.4 Å². The highest BCUT2D eigenvalue weighted by Crippen LogP contribution is 2.23. The van der Waals surface area contributed by atoms with Crippen LogP contribution in [-0.2, 0) is 0 Å². The van der Waals surface area contributed by atoms with Crippen LogP contribution in [0.25, 0.3) is 0 Å². The predicted octanol–water partition coefficient (Wildman–Crippen LogP) is 3.96. The summed E-state index contributed by atoms with van der Waals surface area (Å²) in [5, 5.41) is 4.07. The molecule has 0 spiro atoms. The maximum absolute atomic E-state index is 12.6. The van der Waals surface area contributed by atoms with Gasteiger partial charge in [-0.3, -0.25) is 4.79 Å². The number of halogens is 1. The van der Waals surface area contributed by atoms with Gasteiger partial charge < -0.3 is 15.0 Å². The molecular weight excluding hydrogens is 348 g/mol. The van der Waals surface area contributed by atoms with E-state index in [-0.39, 0.29) is 5.91 Å². The quantitative estimate of drug-likeness (QED) is 0.834. The lowest BCUT2D eigenvalue weighted by molar-refractivity contribution is 0.0773. The van der Waals surface area contributed by atoms with Crippen LogP contribution < -0.4 is 10.1 Å². The topological polar surface area (TPSA) is 41.6 Å². The minimum absolute atomic E-state index is 0.00742. The summed E-state index contributed by atoms with van der Waals surface area (Å²) in [7, 11) is 1.79. The second kappa shape index (κ2) is 9.06. The normalized spacial score (nSPS) is 16.9. The number of rotatable bonds is 6. The Morgan fingerprint density at radius 1 is 1.27 bits per heavy atom. The third-order valence-electron chi connectivity index (χ3n) is 4.76. The highest BCUT2D eigenvalue weighted by atomic mass is 35.5. The van der Waals surface area contributed by atoms with E-state index in [2.05, 4.69) is 17.4 Å². The van der Waals surface area contributed by atoms with Gasteiger partial charge in [-0.25, -0.2) is 0 Å². The molecule has 138 valence electrons. The van der Waals surface area contributed by atoms with Gasteiger partial charge in [-0.05, 0) is 61.2 Å². The molecular formula is C21H25ClN2O2. The zero-order chi connectivity index (χ0) is 18.4. The van der Waals surface area contributed by atoms with E-state index in [1.54, 1.807) is 24.1 Å². The van der Waals surface area contributed by atoms with Gasteiger partial charge in [-0.1, -0.05) is 29.8 Å². The van der Waals surface area contributed by atoms with Crippen LogP contribution in [0.2, 0.25) is 5.02 Å². The molecule has 1 amide bonds. The maximum Gasteiger partial charge on any atom is 0.253 e. The molecule has 2 aromatic rings. The highest BCUT2D eigenvalue weighted by molar-refractivity contribution is 6.30. The molecule has 0 radical (unpaired) electrons. The number of ether oxygens (including phenoxy) is 1. The summed E-state index contributed by atoms with van der Waals surface area (Å²) >= 11 is 5.94. The average Bonchev–Trinajstić information content (AvgIpc) is 2.68. The van der Waals surface area contributed by atoms with Crippen molar-refractivity contribution in [1.82, 2.24) is 10.2 Å². The summed E-state index contributed by atoms with van der Waals surface area (Å²) in [6.45, 7) is 3.07. The molecule has 1 heterocycles. The smallest absolute Gasteiger partial charge is 0.253 e. The van der Waals surface area contributed by atoms with Crippen molar-refractivity contribution in [2.45, 2.75) is 18.8 Å². The Kier molecular flexibility index (Phi) is 6.53. The van der Waals surface area contributed by atoms with Crippen molar-refractivity contribution in [3.63, 3.8) is 0 Å². The van der Waals surface area contributed by atoms with Crippen LogP contribution in [0.4, 0.5) is 0 Å². The minimum atomic E-state index is 0.00742. The van der Waals surface area contributed by atoms with E-state index >= 15 is 0 Å². The van der Waals surface area contributed by atoms with Crippen molar-refractivity contribution in [3.8, 4) is 5.75 Å². The van der Waals surface area contributed by atoms with E-state index in [0.29, 0.717) is 35.4 Å². The SMILES string of the molecule is CN(CCOc1cccc(Cl)c1)C(=O)c1ccc([C@@H]2CCCNC2)cc1. The molecule has 1 saturated heterocycles. The van der Waals surface area contributed by atoms with Crippen LogP contribution in [0.15, 0.2) is 48.5 Å². The summed E-state index contributed by atoms with van der Waals surface area (Å²) in [5.74, 6) is 1.27. The van der Waals surface area contributed by atoms with Gasteiger partial charge in [0.2, 0.25) is 0 Å². The molecule has 0 aliphatic carbocycles. The summed E-state index contributed by atoms with van der Waals surface area (Å²) in [6, 6.07) is 15.3. The third kappa shape index (κ3) is 4.99. The van der Waals surface area contributed by atoms with Crippen LogP contribution in [-0.4, -0.2) is 44.1 Å². The van der Waals surface area contributed by atoms with E-state index in [9.17, 15) is 4.79 Å². The number of likely N-dealkylation sites (N-methyl/N-ethyl adjacent to an activating group) is 1. The highest BCUT2D eigenvalue weighted by Gasteiger charge is 2.16. The molecule has 2 aromatic carbocycles. The molecule has 0 bridgehead atoms. The number of nitrogens with one attached hydrogen (secondary N) is 1. The second-order valence-corrected chi connectivity index (χ2v) is 7.13. The Hall–Kier alpha value is -2.04. The molecule has 3 rings (SSSR count). The monoisotopic (exact) mass is 372 g/mol. The van der Waals surface area contributed by atoms with E-state index < -0.39 is 0 Å². The van der Waals surface area contributed by atoms with Gasteiger partial charge in [0.1, 0.15) is 12.4 Å². The summed E-state index contributed by atoms with van der Waals surface area (Å²) in [6.07, 6.45) is 2.42. The van der Waals surface area contributed by atoms with Gasteiger partial charge in [-0.2, -0.15) is 0 Å². The Bertz CT molecular complexity index is 727. The molecule has 1 N–H and O–H groups in total. The molecule has 26 heavy (non-hydrogen) atoms. The molecule has 1 aliphatic rings. The summed E-state index contributed by atoms with van der Waals surface area (Å²) in [5.41, 5.74) is 2.02. The van der Waals surface area contributed by atoms with Crippen LogP contribution in [0, 0.1) is 0 Å². The fraction of sp³-hybridized carbons (Fsp3) is 0.381. The number of hydrogen-bond donors (Lipinski definition) is 1. The zero-order valence-electron chi connectivity index (χ0n) is 15.1. The first-order valence-electron chi connectivity index (χ1n) is 9.08. The molecule has 5 heteroatoms. The Labute approximate surface area is 160 Å². The molecule has 4 nitrogen and oxygen atoms in total. The van der Waals surface area contributed by atoms with Crippen molar-refractivity contribution >= 4 is 17.5 Å². The molecule has 0 aromatic heterocycles. The third-order valence-corrected chi connectivity index (χ3v) is 5.00. The lowest BCUT2D eigenvalue weighted by Crippen LogP contribution is -2.31. The van der Waals surface area contributed by atoms with Gasteiger partial charge in [-0.15, -0.1) is 0 Å². The van der Waals surface area contributed by atoms with Crippen LogP contribution >= 0.6 is 11.6 Å². The van der Waals surface area contributed by atoms with Gasteiger partial charge in [0.25, 0.3) is 5.91 Å². The number of piperidine rings is 1. The van der Waals surface area contributed by atoms with Gasteiger partial charge in [0.15, 0.2) is 0 Å². The Balaban J connectivity index is 1.51. The molecule has 1 aliphatic heterocycles. The number of carbonyl (C=O) groups excluding carboxylic acids is 1. The van der Waals surface area contributed by atoms with Crippen molar-refractivity contribution < 1.29 is 9.53 Å². The average molecular weight is 373 g/mol. The Morgan fingerprint density at radius 2 is 2.08 bits per heavy atom. The van der Waals surface area contributed by atoms with E-state index in [0.717, 1.165) is 13.1 Å². The van der Waals surface area contributed by atoms with Gasteiger partial charge >= 0.3 is 0 Å². The van der Waals surface area contributed by atoms with Gasteiger partial charge in [0, 0.05) is 24.2 Å². The minimum Gasteiger partial charge on any atom is -0.492 e. The Morgan fingerprint density at radius 3 is 2.77 bits per heavy atom. The fourth-order valence-corrected chi connectivity index (χ4v) is 3.39. The number of nitrogens with zero attached hydrogens (tertiary/aromatic N) is 1. The standard InChI is InChI=1S/C21H25ClN2O2/c1-24(12-13-26-20-6-2-5-19(22)14-20)21(25)17-9-7-16(8-10-17)18-4-3-11-23-15-18/h2,5-10,14,18,23H,3-4,11-13,15H2,1H3/t18-/m1/s1. The molecule has 1 fully saturated rings. The van der Waals surface area contributed by atoms with E-state index in [4.69, 9.17) is 16.3 Å². The van der Waals surface area contributed by atoms with Crippen molar-refractivity contribution in [2.24, 2.45) is 0 Å². The second-order valence-electron chi connectivity index (χ2n) is 6.70.